The van der Waals surface area contributed by atoms with Crippen LogP contribution in [0.15, 0.2) is 24.3 Å². The fraction of sp³-hybridized carbons (Fsp3) is 0.652. The second-order valence-electron chi connectivity index (χ2n) is 8.51. The maximum atomic E-state index is 11.5. The zero-order valence-electron chi connectivity index (χ0n) is 17.5. The van der Waals surface area contributed by atoms with Crippen molar-refractivity contribution in [1.82, 2.24) is 10.2 Å². The normalized spacial score (nSPS) is 24.0. The molecule has 2 fully saturated rings. The SMILES string of the molecule is CC(O)c1cccc(N2CCN(CCC3CCC(NC(=O)CC#N)CC3)CC2)c1. The molecule has 2 aliphatic rings. The average molecular weight is 399 g/mol. The number of carbonyl (C=O) groups excluding carboxylic acids is 1. The molecule has 29 heavy (non-hydrogen) atoms. The predicted octanol–water partition coefficient (Wildman–Crippen LogP) is 2.84. The van der Waals surface area contributed by atoms with Crippen molar-refractivity contribution in [3.63, 3.8) is 0 Å². The summed E-state index contributed by atoms with van der Waals surface area (Å²) in [5.41, 5.74) is 2.18. The number of hydrogen-bond acceptors (Lipinski definition) is 5. The number of nitrogens with zero attached hydrogens (tertiary/aromatic N) is 3. The summed E-state index contributed by atoms with van der Waals surface area (Å²) in [5.74, 6) is 0.618. The maximum absolute atomic E-state index is 11.5. The summed E-state index contributed by atoms with van der Waals surface area (Å²) in [6, 6.07) is 10.4. The molecule has 0 spiro atoms. The quantitative estimate of drug-likeness (QED) is 0.738. The third-order valence-electron chi connectivity index (χ3n) is 6.40. The molecule has 1 amide bonds. The summed E-state index contributed by atoms with van der Waals surface area (Å²) in [5, 5.41) is 21.4. The Morgan fingerprint density at radius 1 is 1.24 bits per heavy atom. The molecule has 0 radical (unpaired) electrons. The number of aliphatic hydroxyl groups excluding tert-OH is 1. The van der Waals surface area contributed by atoms with Crippen LogP contribution in [0.1, 0.15) is 57.1 Å². The van der Waals surface area contributed by atoms with Gasteiger partial charge in [0.1, 0.15) is 6.42 Å². The number of carbonyl (C=O) groups is 1. The van der Waals surface area contributed by atoms with Crippen molar-refractivity contribution in [2.75, 3.05) is 37.6 Å². The van der Waals surface area contributed by atoms with E-state index >= 15 is 0 Å². The van der Waals surface area contributed by atoms with Crippen LogP contribution in [0.25, 0.3) is 0 Å². The van der Waals surface area contributed by atoms with E-state index in [1.54, 1.807) is 0 Å². The zero-order chi connectivity index (χ0) is 20.6. The monoisotopic (exact) mass is 398 g/mol. The molecule has 1 aliphatic heterocycles. The number of aliphatic hydroxyl groups is 1. The first-order chi connectivity index (χ1) is 14.0. The van der Waals surface area contributed by atoms with Gasteiger partial charge < -0.3 is 15.3 Å². The number of benzene rings is 1. The number of piperazine rings is 1. The number of anilines is 1. The van der Waals surface area contributed by atoms with Gasteiger partial charge in [0, 0.05) is 37.9 Å². The van der Waals surface area contributed by atoms with Crippen LogP contribution < -0.4 is 10.2 Å². The van der Waals surface area contributed by atoms with Crippen LogP contribution in [0.4, 0.5) is 5.69 Å². The van der Waals surface area contributed by atoms with E-state index in [2.05, 4.69) is 27.2 Å². The molecular weight excluding hydrogens is 364 g/mol. The van der Waals surface area contributed by atoms with E-state index in [4.69, 9.17) is 5.26 Å². The third-order valence-corrected chi connectivity index (χ3v) is 6.40. The highest BCUT2D eigenvalue weighted by Crippen LogP contribution is 2.28. The molecule has 158 valence electrons. The van der Waals surface area contributed by atoms with Crippen LogP contribution in [-0.4, -0.2) is 54.7 Å². The van der Waals surface area contributed by atoms with Gasteiger partial charge in [0.05, 0.1) is 12.2 Å². The molecular formula is C23H34N4O2. The molecule has 1 saturated heterocycles. The van der Waals surface area contributed by atoms with Gasteiger partial charge in [-0.15, -0.1) is 0 Å². The van der Waals surface area contributed by atoms with E-state index in [0.29, 0.717) is 0 Å². The summed E-state index contributed by atoms with van der Waals surface area (Å²) in [6.45, 7) is 7.18. The van der Waals surface area contributed by atoms with Crippen molar-refractivity contribution in [2.24, 2.45) is 5.92 Å². The van der Waals surface area contributed by atoms with Gasteiger partial charge in [-0.05, 0) is 69.2 Å². The van der Waals surface area contributed by atoms with Crippen molar-refractivity contribution in [2.45, 2.75) is 57.6 Å². The number of nitriles is 1. The van der Waals surface area contributed by atoms with Gasteiger partial charge in [-0.3, -0.25) is 9.69 Å². The van der Waals surface area contributed by atoms with Gasteiger partial charge in [-0.1, -0.05) is 12.1 Å². The van der Waals surface area contributed by atoms with E-state index in [0.717, 1.165) is 57.0 Å². The lowest BCUT2D eigenvalue weighted by Gasteiger charge is -2.37. The topological polar surface area (TPSA) is 79.6 Å². The van der Waals surface area contributed by atoms with E-state index < -0.39 is 6.10 Å². The molecule has 2 N–H and O–H groups in total. The largest absolute Gasteiger partial charge is 0.389 e. The minimum atomic E-state index is -0.425. The molecule has 1 aromatic rings. The highest BCUT2D eigenvalue weighted by molar-refractivity contribution is 5.78. The van der Waals surface area contributed by atoms with Crippen molar-refractivity contribution < 1.29 is 9.90 Å². The van der Waals surface area contributed by atoms with Crippen molar-refractivity contribution >= 4 is 11.6 Å². The first-order valence-corrected chi connectivity index (χ1v) is 11.0. The number of amides is 1. The Balaban J connectivity index is 1.35. The minimum Gasteiger partial charge on any atom is -0.389 e. The van der Waals surface area contributed by atoms with E-state index in [-0.39, 0.29) is 18.4 Å². The smallest absolute Gasteiger partial charge is 0.234 e. The van der Waals surface area contributed by atoms with E-state index in [9.17, 15) is 9.90 Å². The van der Waals surface area contributed by atoms with Gasteiger partial charge >= 0.3 is 0 Å². The Morgan fingerprint density at radius 2 is 1.97 bits per heavy atom. The van der Waals surface area contributed by atoms with Crippen molar-refractivity contribution in [3.05, 3.63) is 29.8 Å². The summed E-state index contributed by atoms with van der Waals surface area (Å²) < 4.78 is 0. The average Bonchev–Trinajstić information content (AvgIpc) is 2.74. The highest BCUT2D eigenvalue weighted by Gasteiger charge is 2.24. The lowest BCUT2D eigenvalue weighted by atomic mass is 9.84. The standard InChI is InChI=1S/C23H34N4O2/c1-18(28)20-3-2-4-22(17-20)27-15-13-26(14-16-27)12-10-19-5-7-21(8-6-19)25-23(29)9-11-24/h2-4,17-19,21,28H,5-10,12-16H2,1H3,(H,25,29). The second-order valence-corrected chi connectivity index (χ2v) is 8.51. The summed E-state index contributed by atoms with van der Waals surface area (Å²) in [7, 11) is 0. The molecule has 1 atom stereocenters. The van der Waals surface area contributed by atoms with E-state index in [1.165, 1.54) is 24.9 Å². The molecule has 1 aromatic carbocycles. The lowest BCUT2D eigenvalue weighted by Crippen LogP contribution is -2.47. The fourth-order valence-corrected chi connectivity index (χ4v) is 4.52. The van der Waals surface area contributed by atoms with Crippen LogP contribution >= 0.6 is 0 Å². The molecule has 6 nitrogen and oxygen atoms in total. The van der Waals surface area contributed by atoms with Gasteiger partial charge in [0.15, 0.2) is 0 Å². The van der Waals surface area contributed by atoms with Gasteiger partial charge in [0.2, 0.25) is 5.91 Å². The second kappa shape index (κ2) is 10.6. The molecule has 1 aliphatic carbocycles. The number of rotatable bonds is 7. The number of nitrogens with one attached hydrogen (secondary N) is 1. The Morgan fingerprint density at radius 3 is 2.62 bits per heavy atom. The summed E-state index contributed by atoms with van der Waals surface area (Å²) >= 11 is 0. The summed E-state index contributed by atoms with van der Waals surface area (Å²) in [6.07, 6.45) is 5.19. The first kappa shape index (κ1) is 21.6. The lowest BCUT2D eigenvalue weighted by molar-refractivity contribution is -0.121. The molecule has 0 aromatic heterocycles. The van der Waals surface area contributed by atoms with Crippen LogP contribution in [0.5, 0.6) is 0 Å². The fourth-order valence-electron chi connectivity index (χ4n) is 4.52. The zero-order valence-corrected chi connectivity index (χ0v) is 17.5. The molecule has 0 bridgehead atoms. The van der Waals surface area contributed by atoms with Crippen LogP contribution in [0.3, 0.4) is 0 Å². The molecule has 3 rings (SSSR count). The Bertz CT molecular complexity index is 699. The van der Waals surface area contributed by atoms with Gasteiger partial charge in [0.25, 0.3) is 0 Å². The van der Waals surface area contributed by atoms with E-state index in [1.807, 2.05) is 25.1 Å². The third kappa shape index (κ3) is 6.45. The van der Waals surface area contributed by atoms with Gasteiger partial charge in [-0.25, -0.2) is 0 Å². The Hall–Kier alpha value is -2.10. The molecule has 1 unspecified atom stereocenters. The van der Waals surface area contributed by atoms with Crippen LogP contribution in [-0.2, 0) is 4.79 Å². The predicted molar refractivity (Wildman–Crippen MR) is 114 cm³/mol. The van der Waals surface area contributed by atoms with Crippen molar-refractivity contribution in [1.29, 1.82) is 5.26 Å². The van der Waals surface area contributed by atoms with Crippen LogP contribution in [0.2, 0.25) is 0 Å². The molecule has 1 saturated carbocycles. The highest BCUT2D eigenvalue weighted by atomic mass is 16.3. The number of hydrogen-bond donors (Lipinski definition) is 2. The van der Waals surface area contributed by atoms with Crippen LogP contribution in [0, 0.1) is 17.2 Å². The molecule has 1 heterocycles. The Kier molecular flexibility index (Phi) is 7.91. The molecule has 6 heteroatoms. The first-order valence-electron chi connectivity index (χ1n) is 11.0. The minimum absolute atomic E-state index is 0.0325. The van der Waals surface area contributed by atoms with Crippen molar-refractivity contribution in [3.8, 4) is 6.07 Å². The van der Waals surface area contributed by atoms with Gasteiger partial charge in [-0.2, -0.15) is 5.26 Å². The maximum Gasteiger partial charge on any atom is 0.234 e. The summed E-state index contributed by atoms with van der Waals surface area (Å²) in [4.78, 5) is 16.5. The Labute approximate surface area is 174 Å².